The van der Waals surface area contributed by atoms with Gasteiger partial charge in [-0.25, -0.2) is 4.79 Å². The van der Waals surface area contributed by atoms with Crippen molar-refractivity contribution in [3.63, 3.8) is 0 Å². The van der Waals surface area contributed by atoms with Crippen LogP contribution >= 0.6 is 0 Å². The van der Waals surface area contributed by atoms with Gasteiger partial charge in [-0.05, 0) is 30.3 Å². The molecule has 1 fully saturated rings. The highest BCUT2D eigenvalue weighted by Gasteiger charge is 2.48. The molecule has 0 saturated carbocycles. The molecule has 0 aliphatic carbocycles. The zero-order valence-corrected chi connectivity index (χ0v) is 18.6. The van der Waals surface area contributed by atoms with E-state index in [9.17, 15) is 43.5 Å². The highest BCUT2D eigenvalue weighted by atomic mass is 32.3. The molecule has 2 heterocycles. The topological polar surface area (TPSA) is 230 Å². The van der Waals surface area contributed by atoms with E-state index in [2.05, 4.69) is 4.18 Å². The summed E-state index contributed by atoms with van der Waals surface area (Å²) < 4.78 is 52.4. The van der Waals surface area contributed by atoms with E-state index >= 15 is 0 Å². The standard InChI is InChI=1S/C21H18O14S/c22-10-6-5-8(7-12(10)33-21-16(26)14(24)15(25)19(34-21)20(27)28)17-18(35-36(29,30)31)13(23)9-3-1-2-4-11(9)32-17/h1-7,14-16,19,21-22,24-26H,(H,27,28)(H,29,30,31)/t14-,15-,16+,19-,21+/m1/s1. The molecule has 1 saturated heterocycles. The molecule has 0 spiro atoms. The Morgan fingerprint density at radius 2 is 1.69 bits per heavy atom. The summed E-state index contributed by atoms with van der Waals surface area (Å²) in [6.45, 7) is 0. The van der Waals surface area contributed by atoms with Crippen molar-refractivity contribution in [1.82, 2.24) is 0 Å². The molecule has 3 aromatic rings. The number of para-hydroxylation sites is 1. The molecule has 1 aliphatic rings. The lowest BCUT2D eigenvalue weighted by Gasteiger charge is -2.38. The number of aliphatic hydroxyl groups is 3. The van der Waals surface area contributed by atoms with Gasteiger partial charge in [-0.2, -0.15) is 8.42 Å². The highest BCUT2D eigenvalue weighted by molar-refractivity contribution is 7.81. The molecule has 1 aliphatic heterocycles. The van der Waals surface area contributed by atoms with Gasteiger partial charge >= 0.3 is 16.4 Å². The Labute approximate surface area is 201 Å². The number of carboxylic acids is 1. The Bertz CT molecular complexity index is 1480. The lowest BCUT2D eigenvalue weighted by Crippen LogP contribution is -2.61. The Hall–Kier alpha value is -3.73. The maximum atomic E-state index is 12.9. The second-order valence-corrected chi connectivity index (χ2v) is 8.65. The van der Waals surface area contributed by atoms with Crippen LogP contribution in [-0.2, 0) is 19.9 Å². The number of phenols is 1. The SMILES string of the molecule is O=C(O)[C@@H]1O[C@H](Oc2cc(-c3oc4ccccc4c(=O)c3OS(=O)(=O)O)ccc2O)[C@@H](O)[C@H](O)[C@H]1O. The van der Waals surface area contributed by atoms with E-state index in [4.69, 9.17) is 18.4 Å². The number of carboxylic acid groups (broad SMARTS) is 1. The number of carbonyl (C=O) groups is 1. The van der Waals surface area contributed by atoms with E-state index in [1.165, 1.54) is 30.3 Å². The molecule has 4 rings (SSSR count). The molecule has 0 radical (unpaired) electrons. The summed E-state index contributed by atoms with van der Waals surface area (Å²) in [4.78, 5) is 24.2. The second kappa shape index (κ2) is 9.38. The Morgan fingerprint density at radius 3 is 2.36 bits per heavy atom. The van der Waals surface area contributed by atoms with Crippen molar-refractivity contribution in [3.8, 4) is 28.6 Å². The van der Waals surface area contributed by atoms with Crippen LogP contribution < -0.4 is 14.3 Å². The molecule has 2 aromatic carbocycles. The minimum absolute atomic E-state index is 0.0168. The Kier molecular flexibility index (Phi) is 6.61. The summed E-state index contributed by atoms with van der Waals surface area (Å²) in [5.41, 5.74) is -1.05. The van der Waals surface area contributed by atoms with Gasteiger partial charge in [-0.15, -0.1) is 0 Å². The average molecular weight is 526 g/mol. The minimum Gasteiger partial charge on any atom is -0.504 e. The van der Waals surface area contributed by atoms with E-state index in [1.807, 2.05) is 0 Å². The summed E-state index contributed by atoms with van der Waals surface area (Å²) in [6, 6.07) is 8.93. The number of phenolic OH excluding ortho intramolecular Hbond substituents is 1. The molecule has 15 heteroatoms. The first kappa shape index (κ1) is 25.4. The second-order valence-electron chi connectivity index (χ2n) is 7.63. The molecule has 5 atom stereocenters. The number of ether oxygens (including phenoxy) is 2. The third-order valence-electron chi connectivity index (χ3n) is 5.22. The van der Waals surface area contributed by atoms with Crippen LogP contribution in [-0.4, -0.2) is 75.2 Å². The van der Waals surface area contributed by atoms with E-state index < -0.39 is 75.5 Å². The van der Waals surface area contributed by atoms with Gasteiger partial charge in [-0.3, -0.25) is 9.35 Å². The number of hydrogen-bond donors (Lipinski definition) is 6. The van der Waals surface area contributed by atoms with Crippen molar-refractivity contribution >= 4 is 27.3 Å². The zero-order chi connectivity index (χ0) is 26.4. The van der Waals surface area contributed by atoms with Crippen LogP contribution in [0.2, 0.25) is 0 Å². The van der Waals surface area contributed by atoms with Gasteiger partial charge in [0.2, 0.25) is 17.5 Å². The quantitative estimate of drug-likeness (QED) is 0.225. The zero-order valence-electron chi connectivity index (χ0n) is 17.8. The van der Waals surface area contributed by atoms with Crippen molar-refractivity contribution in [3.05, 3.63) is 52.7 Å². The summed E-state index contributed by atoms with van der Waals surface area (Å²) in [5, 5.41) is 49.2. The maximum Gasteiger partial charge on any atom is 0.446 e. The molecule has 192 valence electrons. The first-order valence-electron chi connectivity index (χ1n) is 10.0. The van der Waals surface area contributed by atoms with Crippen molar-refractivity contribution < 1.29 is 61.4 Å². The van der Waals surface area contributed by atoms with Crippen LogP contribution in [0.4, 0.5) is 0 Å². The number of hydrogen-bond acceptors (Lipinski definition) is 12. The molecule has 6 N–H and O–H groups in total. The van der Waals surface area contributed by atoms with Gasteiger partial charge in [0.15, 0.2) is 23.4 Å². The van der Waals surface area contributed by atoms with E-state index in [0.717, 1.165) is 12.1 Å². The third kappa shape index (κ3) is 4.83. The van der Waals surface area contributed by atoms with Gasteiger partial charge in [0, 0.05) is 5.56 Å². The normalized spacial score (nSPS) is 24.4. The molecule has 0 unspecified atom stereocenters. The van der Waals surface area contributed by atoms with Crippen LogP contribution in [0.1, 0.15) is 0 Å². The smallest absolute Gasteiger partial charge is 0.446 e. The Balaban J connectivity index is 1.79. The predicted molar refractivity (Wildman–Crippen MR) is 117 cm³/mol. The molecular formula is C21H18O14S. The van der Waals surface area contributed by atoms with Crippen LogP contribution in [0.5, 0.6) is 17.2 Å². The Morgan fingerprint density at radius 1 is 1.00 bits per heavy atom. The van der Waals surface area contributed by atoms with E-state index in [-0.39, 0.29) is 16.5 Å². The molecule has 0 amide bonds. The number of aliphatic hydroxyl groups excluding tert-OH is 3. The van der Waals surface area contributed by atoms with Crippen molar-refractivity contribution in [1.29, 1.82) is 0 Å². The van der Waals surface area contributed by atoms with Crippen LogP contribution in [0.15, 0.2) is 51.7 Å². The number of fused-ring (bicyclic) bond motifs is 1. The molecule has 36 heavy (non-hydrogen) atoms. The van der Waals surface area contributed by atoms with Crippen LogP contribution in [0.3, 0.4) is 0 Å². The average Bonchev–Trinajstić information content (AvgIpc) is 2.81. The van der Waals surface area contributed by atoms with Gasteiger partial charge in [0.05, 0.1) is 5.39 Å². The fraction of sp³-hybridized carbons (Fsp3) is 0.238. The first-order valence-corrected chi connectivity index (χ1v) is 11.4. The summed E-state index contributed by atoms with van der Waals surface area (Å²) in [7, 11) is -5.17. The summed E-state index contributed by atoms with van der Waals surface area (Å²) in [6.07, 6.45) is -9.78. The van der Waals surface area contributed by atoms with Crippen molar-refractivity contribution in [2.45, 2.75) is 30.7 Å². The largest absolute Gasteiger partial charge is 0.504 e. The molecule has 1 aromatic heterocycles. The van der Waals surface area contributed by atoms with Gasteiger partial charge in [0.25, 0.3) is 0 Å². The molecular weight excluding hydrogens is 508 g/mol. The van der Waals surface area contributed by atoms with Crippen LogP contribution in [0, 0.1) is 0 Å². The minimum atomic E-state index is -5.17. The van der Waals surface area contributed by atoms with Crippen molar-refractivity contribution in [2.24, 2.45) is 0 Å². The fourth-order valence-corrected chi connectivity index (χ4v) is 3.88. The summed E-state index contributed by atoms with van der Waals surface area (Å²) in [5.74, 6) is -4.14. The van der Waals surface area contributed by atoms with Gasteiger partial charge in [-0.1, -0.05) is 12.1 Å². The van der Waals surface area contributed by atoms with Gasteiger partial charge < -0.3 is 43.6 Å². The third-order valence-corrected chi connectivity index (χ3v) is 5.60. The fourth-order valence-electron chi connectivity index (χ4n) is 3.52. The van der Waals surface area contributed by atoms with Gasteiger partial charge in [0.1, 0.15) is 23.9 Å². The monoisotopic (exact) mass is 526 g/mol. The van der Waals surface area contributed by atoms with E-state index in [1.54, 1.807) is 0 Å². The predicted octanol–water partition coefficient (Wildman–Crippen LogP) is -0.382. The highest BCUT2D eigenvalue weighted by Crippen LogP contribution is 2.38. The lowest BCUT2D eigenvalue weighted by atomic mass is 9.99. The first-order chi connectivity index (χ1) is 16.9. The summed E-state index contributed by atoms with van der Waals surface area (Å²) >= 11 is 0. The molecule has 0 bridgehead atoms. The molecule has 14 nitrogen and oxygen atoms in total. The van der Waals surface area contributed by atoms with E-state index in [0.29, 0.717) is 0 Å². The number of aliphatic carboxylic acids is 1. The lowest BCUT2D eigenvalue weighted by molar-refractivity contribution is -0.271. The van der Waals surface area contributed by atoms with Crippen molar-refractivity contribution in [2.75, 3.05) is 0 Å². The number of rotatable bonds is 6. The number of benzene rings is 2. The number of aromatic hydroxyl groups is 1. The maximum absolute atomic E-state index is 12.9. The van der Waals surface area contributed by atoms with Crippen LogP contribution in [0.25, 0.3) is 22.3 Å².